The molecule has 0 rings (SSSR count). The van der Waals surface area contributed by atoms with E-state index in [1.165, 1.54) is 6.92 Å². The van der Waals surface area contributed by atoms with Crippen molar-refractivity contribution in [3.8, 4) is 0 Å². The maximum atomic E-state index is 11.3. The fraction of sp³-hybridized carbons (Fsp3) is 0.800. The number of hydrogen-bond acceptors (Lipinski definition) is 5. The fourth-order valence-corrected chi connectivity index (χ4v) is 0.897. The summed E-state index contributed by atoms with van der Waals surface area (Å²) in [5.41, 5.74) is -0.625. The number of carbonyl (C=O) groups excluding carboxylic acids is 2. The second-order valence-corrected chi connectivity index (χ2v) is 4.40. The van der Waals surface area contributed by atoms with Gasteiger partial charge < -0.3 is 19.9 Å². The first kappa shape index (κ1) is 14.7. The summed E-state index contributed by atoms with van der Waals surface area (Å²) in [7, 11) is 1.16. The number of rotatable bonds is 3. The Balaban J connectivity index is 4.19. The first-order chi connectivity index (χ1) is 7.17. The molecule has 0 aliphatic carbocycles. The van der Waals surface area contributed by atoms with E-state index in [0.717, 1.165) is 7.11 Å². The highest BCUT2D eigenvalue weighted by Crippen LogP contribution is 2.07. The van der Waals surface area contributed by atoms with Gasteiger partial charge in [0.25, 0.3) is 0 Å². The number of esters is 1. The summed E-state index contributed by atoms with van der Waals surface area (Å²) in [6, 6.07) is -0.776. The second kappa shape index (κ2) is 5.69. The molecule has 0 aliphatic heterocycles. The third kappa shape index (κ3) is 5.55. The number of methoxy groups -OCH3 is 1. The quantitative estimate of drug-likeness (QED) is 0.691. The van der Waals surface area contributed by atoms with Gasteiger partial charge in [-0.15, -0.1) is 0 Å². The van der Waals surface area contributed by atoms with Crippen LogP contribution in [0.15, 0.2) is 0 Å². The van der Waals surface area contributed by atoms with Gasteiger partial charge in [0, 0.05) is 0 Å². The molecule has 0 aromatic carbocycles. The number of alkyl carbamates (subject to hydrolysis) is 1. The highest BCUT2D eigenvalue weighted by Gasteiger charge is 2.26. The SMILES string of the molecule is COC(=O)[C@@H](O)[C@@H](C)NC(=O)OC(C)(C)C. The van der Waals surface area contributed by atoms with Crippen molar-refractivity contribution in [2.75, 3.05) is 7.11 Å². The van der Waals surface area contributed by atoms with E-state index in [2.05, 4.69) is 10.1 Å². The molecule has 0 aromatic rings. The zero-order chi connectivity index (χ0) is 12.9. The molecule has 0 unspecified atom stereocenters. The molecule has 0 aliphatic rings. The third-order valence-electron chi connectivity index (χ3n) is 1.66. The van der Waals surface area contributed by atoms with E-state index in [4.69, 9.17) is 4.74 Å². The normalized spacial score (nSPS) is 14.9. The van der Waals surface area contributed by atoms with Gasteiger partial charge in [-0.05, 0) is 27.7 Å². The topological polar surface area (TPSA) is 84.9 Å². The van der Waals surface area contributed by atoms with Gasteiger partial charge in [0.2, 0.25) is 0 Å². The van der Waals surface area contributed by atoms with E-state index in [1.54, 1.807) is 20.8 Å². The van der Waals surface area contributed by atoms with E-state index in [0.29, 0.717) is 0 Å². The van der Waals surface area contributed by atoms with Crippen LogP contribution in [0.25, 0.3) is 0 Å². The van der Waals surface area contributed by atoms with E-state index >= 15 is 0 Å². The van der Waals surface area contributed by atoms with E-state index in [1.807, 2.05) is 0 Å². The number of nitrogens with one attached hydrogen (secondary N) is 1. The Morgan fingerprint density at radius 3 is 2.19 bits per heavy atom. The molecular weight excluding hydrogens is 214 g/mol. The van der Waals surface area contributed by atoms with Crippen LogP contribution in [0.5, 0.6) is 0 Å². The molecule has 0 aromatic heterocycles. The minimum absolute atomic E-state index is 0.625. The van der Waals surface area contributed by atoms with Crippen molar-refractivity contribution in [3.63, 3.8) is 0 Å². The van der Waals surface area contributed by atoms with E-state index in [-0.39, 0.29) is 0 Å². The molecule has 0 saturated carbocycles. The van der Waals surface area contributed by atoms with E-state index < -0.39 is 29.8 Å². The maximum absolute atomic E-state index is 11.3. The Labute approximate surface area is 94.9 Å². The molecule has 0 radical (unpaired) electrons. The Kier molecular flexibility index (Phi) is 5.23. The Morgan fingerprint density at radius 2 is 1.81 bits per heavy atom. The zero-order valence-electron chi connectivity index (χ0n) is 10.2. The fourth-order valence-electron chi connectivity index (χ4n) is 0.897. The lowest BCUT2D eigenvalue weighted by Crippen LogP contribution is -2.47. The molecule has 1 amide bonds. The van der Waals surface area contributed by atoms with Crippen LogP contribution in [0.2, 0.25) is 0 Å². The lowest BCUT2D eigenvalue weighted by Gasteiger charge is -2.23. The smallest absolute Gasteiger partial charge is 0.407 e. The van der Waals surface area contributed by atoms with Crippen LogP contribution in [-0.4, -0.2) is 42.0 Å². The van der Waals surface area contributed by atoms with Crippen LogP contribution in [0.3, 0.4) is 0 Å². The average Bonchev–Trinajstić information content (AvgIpc) is 2.12. The molecule has 0 fully saturated rings. The minimum Gasteiger partial charge on any atom is -0.467 e. The molecule has 0 spiro atoms. The summed E-state index contributed by atoms with van der Waals surface area (Å²) in [6.07, 6.45) is -2.10. The average molecular weight is 233 g/mol. The summed E-state index contributed by atoms with van der Waals surface area (Å²) in [6.45, 7) is 6.63. The summed E-state index contributed by atoms with van der Waals surface area (Å²) >= 11 is 0. The largest absolute Gasteiger partial charge is 0.467 e. The van der Waals surface area contributed by atoms with Gasteiger partial charge in [0.15, 0.2) is 6.10 Å². The van der Waals surface area contributed by atoms with Gasteiger partial charge in [-0.1, -0.05) is 0 Å². The molecular formula is C10H19NO5. The van der Waals surface area contributed by atoms with Crippen molar-refractivity contribution in [3.05, 3.63) is 0 Å². The number of ether oxygens (including phenoxy) is 2. The standard InChI is InChI=1S/C10H19NO5/c1-6(7(12)8(13)15-5)11-9(14)16-10(2,3)4/h6-7,12H,1-5H3,(H,11,14)/t6-,7+/m1/s1. The number of carbonyl (C=O) groups is 2. The summed E-state index contributed by atoms with van der Waals surface area (Å²) in [4.78, 5) is 22.2. The van der Waals surface area contributed by atoms with Gasteiger partial charge in [-0.2, -0.15) is 0 Å². The lowest BCUT2D eigenvalue weighted by atomic mass is 10.2. The van der Waals surface area contributed by atoms with Crippen molar-refractivity contribution in [1.82, 2.24) is 5.32 Å². The summed E-state index contributed by atoms with van der Waals surface area (Å²) in [5.74, 6) is -0.802. The van der Waals surface area contributed by atoms with E-state index in [9.17, 15) is 14.7 Å². The lowest BCUT2D eigenvalue weighted by molar-refractivity contribution is -0.151. The van der Waals surface area contributed by atoms with Gasteiger partial charge in [-0.25, -0.2) is 9.59 Å². The highest BCUT2D eigenvalue weighted by molar-refractivity contribution is 5.76. The maximum Gasteiger partial charge on any atom is 0.407 e. The van der Waals surface area contributed by atoms with Crippen molar-refractivity contribution in [2.24, 2.45) is 0 Å². The summed E-state index contributed by atoms with van der Waals surface area (Å²) in [5, 5.41) is 11.7. The monoisotopic (exact) mass is 233 g/mol. The Morgan fingerprint density at radius 1 is 1.31 bits per heavy atom. The van der Waals surface area contributed by atoms with Gasteiger partial charge in [0.05, 0.1) is 13.2 Å². The highest BCUT2D eigenvalue weighted by atomic mass is 16.6. The third-order valence-corrected chi connectivity index (χ3v) is 1.66. The van der Waals surface area contributed by atoms with Crippen LogP contribution >= 0.6 is 0 Å². The predicted octanol–water partition coefficient (Wildman–Crippen LogP) is 0.433. The number of hydrogen-bond donors (Lipinski definition) is 2. The Bertz CT molecular complexity index is 258. The number of amides is 1. The number of aliphatic hydroxyl groups is 1. The number of aliphatic hydroxyl groups excluding tert-OH is 1. The van der Waals surface area contributed by atoms with Gasteiger partial charge >= 0.3 is 12.1 Å². The van der Waals surface area contributed by atoms with Crippen molar-refractivity contribution < 1.29 is 24.2 Å². The molecule has 2 N–H and O–H groups in total. The minimum atomic E-state index is -1.41. The van der Waals surface area contributed by atoms with Crippen LogP contribution in [0.4, 0.5) is 4.79 Å². The molecule has 0 saturated heterocycles. The van der Waals surface area contributed by atoms with Crippen molar-refractivity contribution in [2.45, 2.75) is 45.4 Å². The Hall–Kier alpha value is -1.30. The first-order valence-corrected chi connectivity index (χ1v) is 4.93. The molecule has 6 heteroatoms. The molecule has 2 atom stereocenters. The molecule has 94 valence electrons. The van der Waals surface area contributed by atoms with Crippen LogP contribution in [0.1, 0.15) is 27.7 Å². The van der Waals surface area contributed by atoms with Crippen molar-refractivity contribution in [1.29, 1.82) is 0 Å². The van der Waals surface area contributed by atoms with Crippen LogP contribution < -0.4 is 5.32 Å². The molecule has 0 bridgehead atoms. The second-order valence-electron chi connectivity index (χ2n) is 4.40. The predicted molar refractivity (Wildman–Crippen MR) is 56.9 cm³/mol. The van der Waals surface area contributed by atoms with Gasteiger partial charge in [-0.3, -0.25) is 0 Å². The van der Waals surface area contributed by atoms with Crippen LogP contribution in [0, 0.1) is 0 Å². The first-order valence-electron chi connectivity index (χ1n) is 4.93. The van der Waals surface area contributed by atoms with Crippen molar-refractivity contribution >= 4 is 12.1 Å². The summed E-state index contributed by atoms with van der Waals surface area (Å²) < 4.78 is 9.29. The molecule has 0 heterocycles. The molecule has 6 nitrogen and oxygen atoms in total. The van der Waals surface area contributed by atoms with Crippen LogP contribution in [-0.2, 0) is 14.3 Å². The van der Waals surface area contributed by atoms with Gasteiger partial charge in [0.1, 0.15) is 5.60 Å². The zero-order valence-corrected chi connectivity index (χ0v) is 10.2. The molecule has 16 heavy (non-hydrogen) atoms.